The van der Waals surface area contributed by atoms with Gasteiger partial charge in [0.2, 0.25) is 11.2 Å². The van der Waals surface area contributed by atoms with Crippen molar-refractivity contribution in [3.8, 4) is 6.01 Å². The maximum atomic E-state index is 5.81. The summed E-state index contributed by atoms with van der Waals surface area (Å²) in [6.07, 6.45) is 5.97. The summed E-state index contributed by atoms with van der Waals surface area (Å²) in [6.45, 7) is 2.82. The third kappa shape index (κ3) is 5.49. The minimum absolute atomic E-state index is 0.162. The lowest BCUT2D eigenvalue weighted by Gasteiger charge is -2.11. The molecule has 0 saturated heterocycles. The topological polar surface area (TPSA) is 51.1 Å². The molecule has 0 aliphatic rings. The molecule has 18 heavy (non-hydrogen) atoms. The van der Waals surface area contributed by atoms with Crippen LogP contribution in [0.1, 0.15) is 39.0 Å². The summed E-state index contributed by atoms with van der Waals surface area (Å²) in [6, 6.07) is 0.300. The Balaban J connectivity index is 2.37. The van der Waals surface area contributed by atoms with Crippen molar-refractivity contribution in [2.75, 3.05) is 25.6 Å². The van der Waals surface area contributed by atoms with Crippen LogP contribution >= 0.6 is 11.6 Å². The van der Waals surface area contributed by atoms with Crippen molar-refractivity contribution < 1.29 is 4.74 Å². The summed E-state index contributed by atoms with van der Waals surface area (Å²) in [5.74, 6) is 0.510. The summed E-state index contributed by atoms with van der Waals surface area (Å²) in [4.78, 5) is 13.9. The molecule has 1 aromatic rings. The van der Waals surface area contributed by atoms with E-state index in [2.05, 4.69) is 21.9 Å². The first-order valence-electron chi connectivity index (χ1n) is 6.35. The molecule has 6 heteroatoms. The lowest BCUT2D eigenvalue weighted by atomic mass is 10.2. The predicted molar refractivity (Wildman–Crippen MR) is 73.4 cm³/mol. The monoisotopic (exact) mass is 272 g/mol. The fraction of sp³-hybridized carbons (Fsp3) is 0.750. The first-order valence-corrected chi connectivity index (χ1v) is 6.73. The van der Waals surface area contributed by atoms with E-state index in [1.54, 1.807) is 4.90 Å². The van der Waals surface area contributed by atoms with Gasteiger partial charge in [-0.3, -0.25) is 0 Å². The number of hydrogen-bond donors (Lipinski definition) is 0. The van der Waals surface area contributed by atoms with E-state index >= 15 is 0 Å². The van der Waals surface area contributed by atoms with E-state index < -0.39 is 0 Å². The Hall–Kier alpha value is -1.10. The highest BCUT2D eigenvalue weighted by Gasteiger charge is 2.07. The van der Waals surface area contributed by atoms with E-state index in [1.165, 1.54) is 25.7 Å². The van der Waals surface area contributed by atoms with Gasteiger partial charge in [0.25, 0.3) is 0 Å². The summed E-state index contributed by atoms with van der Waals surface area (Å²) in [5, 5.41) is 0.162. The normalized spacial score (nSPS) is 10.4. The molecule has 0 N–H and O–H groups in total. The van der Waals surface area contributed by atoms with E-state index in [-0.39, 0.29) is 5.28 Å². The zero-order valence-electron chi connectivity index (χ0n) is 11.3. The highest BCUT2D eigenvalue weighted by atomic mass is 35.5. The summed E-state index contributed by atoms with van der Waals surface area (Å²) in [7, 11) is 3.69. The Labute approximate surface area is 114 Å². The summed E-state index contributed by atoms with van der Waals surface area (Å²) in [5.41, 5.74) is 0. The average molecular weight is 273 g/mol. The molecule has 1 heterocycles. The lowest BCUT2D eigenvalue weighted by molar-refractivity contribution is 0.280. The highest BCUT2D eigenvalue weighted by molar-refractivity contribution is 6.28. The third-order valence-corrected chi connectivity index (χ3v) is 2.62. The second-order valence-electron chi connectivity index (χ2n) is 4.34. The van der Waals surface area contributed by atoms with Crippen LogP contribution in [0, 0.1) is 0 Å². The molecule has 0 atom stereocenters. The molecule has 102 valence electrons. The van der Waals surface area contributed by atoms with Crippen LogP contribution in [0.15, 0.2) is 0 Å². The van der Waals surface area contributed by atoms with Gasteiger partial charge in [-0.25, -0.2) is 0 Å². The molecule has 0 spiro atoms. The van der Waals surface area contributed by atoms with Crippen LogP contribution in [0.25, 0.3) is 0 Å². The third-order valence-electron chi connectivity index (χ3n) is 2.45. The first kappa shape index (κ1) is 15.0. The van der Waals surface area contributed by atoms with Crippen molar-refractivity contribution in [1.82, 2.24) is 15.0 Å². The van der Waals surface area contributed by atoms with Gasteiger partial charge in [0.1, 0.15) is 0 Å². The Morgan fingerprint density at radius 1 is 1.06 bits per heavy atom. The molecular weight excluding hydrogens is 252 g/mol. The molecule has 0 aromatic carbocycles. The second kappa shape index (κ2) is 8.08. The Morgan fingerprint density at radius 3 is 2.44 bits per heavy atom. The molecule has 0 aliphatic heterocycles. The number of hydrogen-bond acceptors (Lipinski definition) is 5. The van der Waals surface area contributed by atoms with E-state index in [0.29, 0.717) is 18.6 Å². The number of anilines is 1. The van der Waals surface area contributed by atoms with Crippen LogP contribution in [-0.2, 0) is 0 Å². The van der Waals surface area contributed by atoms with Crippen LogP contribution in [0.4, 0.5) is 5.95 Å². The SMILES string of the molecule is CCCCCCCOc1nc(Cl)nc(N(C)C)n1. The van der Waals surface area contributed by atoms with Crippen LogP contribution in [0.5, 0.6) is 6.01 Å². The second-order valence-corrected chi connectivity index (χ2v) is 4.68. The van der Waals surface area contributed by atoms with Gasteiger partial charge in [-0.05, 0) is 18.0 Å². The maximum absolute atomic E-state index is 5.81. The fourth-order valence-electron chi connectivity index (χ4n) is 1.46. The summed E-state index contributed by atoms with van der Waals surface area (Å²) >= 11 is 5.81. The van der Waals surface area contributed by atoms with Crippen LogP contribution in [0.3, 0.4) is 0 Å². The Morgan fingerprint density at radius 2 is 1.78 bits per heavy atom. The Kier molecular flexibility index (Phi) is 6.72. The molecule has 0 bridgehead atoms. The quantitative estimate of drug-likeness (QED) is 0.681. The lowest BCUT2D eigenvalue weighted by Crippen LogP contribution is -2.14. The predicted octanol–water partition coefficient (Wildman–Crippen LogP) is 2.94. The standard InChI is InChI=1S/C12H21ClN4O/c1-4-5-6-7-8-9-18-12-15-10(13)14-11(16-12)17(2)3/h4-9H2,1-3H3. The zero-order chi connectivity index (χ0) is 13.4. The number of nitrogens with zero attached hydrogens (tertiary/aromatic N) is 4. The van der Waals surface area contributed by atoms with Gasteiger partial charge in [0, 0.05) is 14.1 Å². The van der Waals surface area contributed by atoms with Gasteiger partial charge in [0.05, 0.1) is 6.61 Å². The first-order chi connectivity index (χ1) is 8.63. The maximum Gasteiger partial charge on any atom is 0.322 e. The van der Waals surface area contributed by atoms with E-state index in [9.17, 15) is 0 Å². The van der Waals surface area contributed by atoms with E-state index in [4.69, 9.17) is 16.3 Å². The van der Waals surface area contributed by atoms with Gasteiger partial charge < -0.3 is 9.64 Å². The number of halogens is 1. The van der Waals surface area contributed by atoms with Gasteiger partial charge in [0.15, 0.2) is 0 Å². The van der Waals surface area contributed by atoms with Crippen molar-refractivity contribution in [3.63, 3.8) is 0 Å². The molecule has 0 amide bonds. The number of ether oxygens (including phenoxy) is 1. The van der Waals surface area contributed by atoms with E-state index in [0.717, 1.165) is 6.42 Å². The van der Waals surface area contributed by atoms with Crippen molar-refractivity contribution in [2.45, 2.75) is 39.0 Å². The molecule has 0 unspecified atom stereocenters. The number of unbranched alkanes of at least 4 members (excludes halogenated alkanes) is 4. The zero-order valence-corrected chi connectivity index (χ0v) is 12.1. The van der Waals surface area contributed by atoms with Crippen LogP contribution in [0.2, 0.25) is 5.28 Å². The van der Waals surface area contributed by atoms with Crippen molar-refractivity contribution >= 4 is 17.5 Å². The molecule has 0 fully saturated rings. The van der Waals surface area contributed by atoms with Crippen LogP contribution in [-0.4, -0.2) is 35.7 Å². The van der Waals surface area contributed by atoms with Crippen molar-refractivity contribution in [3.05, 3.63) is 5.28 Å². The molecular formula is C12H21ClN4O. The number of aromatic nitrogens is 3. The Bertz CT molecular complexity index is 360. The molecule has 0 radical (unpaired) electrons. The van der Waals surface area contributed by atoms with Crippen molar-refractivity contribution in [1.29, 1.82) is 0 Å². The molecule has 1 rings (SSSR count). The largest absolute Gasteiger partial charge is 0.463 e. The van der Waals surface area contributed by atoms with Gasteiger partial charge in [-0.15, -0.1) is 0 Å². The minimum atomic E-state index is 0.162. The smallest absolute Gasteiger partial charge is 0.322 e. The minimum Gasteiger partial charge on any atom is -0.463 e. The fourth-order valence-corrected chi connectivity index (χ4v) is 1.60. The molecule has 5 nitrogen and oxygen atoms in total. The van der Waals surface area contributed by atoms with Crippen molar-refractivity contribution in [2.24, 2.45) is 0 Å². The van der Waals surface area contributed by atoms with E-state index in [1.807, 2.05) is 14.1 Å². The number of rotatable bonds is 8. The molecule has 0 saturated carbocycles. The van der Waals surface area contributed by atoms with Gasteiger partial charge >= 0.3 is 6.01 Å². The highest BCUT2D eigenvalue weighted by Crippen LogP contribution is 2.13. The van der Waals surface area contributed by atoms with Gasteiger partial charge in [-0.1, -0.05) is 32.6 Å². The van der Waals surface area contributed by atoms with Crippen LogP contribution < -0.4 is 9.64 Å². The average Bonchev–Trinajstić information content (AvgIpc) is 2.33. The molecule has 1 aromatic heterocycles. The van der Waals surface area contributed by atoms with Gasteiger partial charge in [-0.2, -0.15) is 15.0 Å². The summed E-state index contributed by atoms with van der Waals surface area (Å²) < 4.78 is 5.48. The molecule has 0 aliphatic carbocycles.